The summed E-state index contributed by atoms with van der Waals surface area (Å²) in [6.07, 6.45) is 2.02. The monoisotopic (exact) mass is 412 g/mol. The zero-order chi connectivity index (χ0) is 17.4. The lowest BCUT2D eigenvalue weighted by Gasteiger charge is -2.13. The maximum atomic E-state index is 4.69. The third-order valence-electron chi connectivity index (χ3n) is 4.26. The van der Waals surface area contributed by atoms with Gasteiger partial charge in [0, 0.05) is 31.2 Å². The van der Waals surface area contributed by atoms with Gasteiger partial charge in [-0.2, -0.15) is 10.2 Å². The highest BCUT2D eigenvalue weighted by Crippen LogP contribution is 2.41. The maximum absolute atomic E-state index is 4.69. The lowest BCUT2D eigenvalue weighted by molar-refractivity contribution is 0.437. The largest absolute Gasteiger partial charge is 0.347 e. The van der Waals surface area contributed by atoms with E-state index in [4.69, 9.17) is 0 Å². The Morgan fingerprint density at radius 3 is 2.44 bits per heavy atom. The zero-order valence-electron chi connectivity index (χ0n) is 13.9. The summed E-state index contributed by atoms with van der Waals surface area (Å²) >= 11 is 5.16. The van der Waals surface area contributed by atoms with Crippen molar-refractivity contribution in [1.29, 1.82) is 0 Å². The molecule has 4 rings (SSSR count). The van der Waals surface area contributed by atoms with Crippen LogP contribution in [-0.4, -0.2) is 22.0 Å². The first-order valence-electron chi connectivity index (χ1n) is 7.95. The van der Waals surface area contributed by atoms with Crippen LogP contribution in [0.5, 0.6) is 0 Å². The standard InChI is InChI=1S/C19H17BrN4S/c1-23-12-16(20)25-19(23)22-21-17-14-10-6-7-11-15(14)24(2)18(17)13-8-4-3-5-9-13/h3-12,19H,1-2H3. The predicted molar refractivity (Wildman–Crippen MR) is 109 cm³/mol. The molecule has 4 nitrogen and oxygen atoms in total. The first kappa shape index (κ1) is 16.4. The number of para-hydroxylation sites is 1. The van der Waals surface area contributed by atoms with E-state index in [2.05, 4.69) is 80.2 Å². The van der Waals surface area contributed by atoms with E-state index >= 15 is 0 Å². The van der Waals surface area contributed by atoms with E-state index in [1.807, 2.05) is 30.3 Å². The van der Waals surface area contributed by atoms with Crippen LogP contribution in [0.15, 0.2) is 74.8 Å². The summed E-state index contributed by atoms with van der Waals surface area (Å²) in [7, 11) is 4.09. The van der Waals surface area contributed by atoms with Gasteiger partial charge in [-0.05, 0) is 22.0 Å². The number of nitrogens with zero attached hydrogens (tertiary/aromatic N) is 4. The van der Waals surface area contributed by atoms with Gasteiger partial charge in [-0.25, -0.2) is 0 Å². The van der Waals surface area contributed by atoms with Gasteiger partial charge >= 0.3 is 0 Å². The topological polar surface area (TPSA) is 32.9 Å². The second kappa shape index (κ2) is 6.69. The van der Waals surface area contributed by atoms with Crippen LogP contribution >= 0.6 is 27.7 Å². The molecule has 1 aliphatic rings. The third-order valence-corrected chi connectivity index (χ3v) is 5.99. The average molecular weight is 413 g/mol. The molecule has 3 aromatic rings. The predicted octanol–water partition coefficient (Wildman–Crippen LogP) is 6.09. The van der Waals surface area contributed by atoms with Crippen LogP contribution in [0.4, 0.5) is 5.69 Å². The lowest BCUT2D eigenvalue weighted by atomic mass is 10.1. The molecule has 0 amide bonds. The van der Waals surface area contributed by atoms with Crippen LogP contribution in [0.25, 0.3) is 22.2 Å². The lowest BCUT2D eigenvalue weighted by Crippen LogP contribution is -2.16. The Balaban J connectivity index is 1.85. The quantitative estimate of drug-likeness (QED) is 0.487. The molecule has 25 heavy (non-hydrogen) atoms. The minimum atomic E-state index is -0.0445. The number of azo groups is 1. The molecule has 1 atom stereocenters. The first-order valence-corrected chi connectivity index (χ1v) is 9.62. The molecule has 0 bridgehead atoms. The van der Waals surface area contributed by atoms with Crippen LogP contribution in [0.1, 0.15) is 0 Å². The van der Waals surface area contributed by atoms with Gasteiger partial charge in [0.05, 0.1) is 15.0 Å². The summed E-state index contributed by atoms with van der Waals surface area (Å²) in [5, 5.41) is 10.4. The number of halogens is 1. The van der Waals surface area contributed by atoms with Crippen LogP contribution in [0.3, 0.4) is 0 Å². The molecule has 0 N–H and O–H groups in total. The van der Waals surface area contributed by atoms with Crippen LogP contribution < -0.4 is 0 Å². The molecule has 0 spiro atoms. The van der Waals surface area contributed by atoms with Crippen LogP contribution in [0.2, 0.25) is 0 Å². The maximum Gasteiger partial charge on any atom is 0.194 e. The van der Waals surface area contributed by atoms with Gasteiger partial charge in [0.2, 0.25) is 0 Å². The molecular weight excluding hydrogens is 396 g/mol. The highest BCUT2D eigenvalue weighted by molar-refractivity contribution is 9.14. The third kappa shape index (κ3) is 3.00. The molecule has 2 heterocycles. The van der Waals surface area contributed by atoms with Crippen molar-refractivity contribution in [2.24, 2.45) is 17.3 Å². The van der Waals surface area contributed by atoms with Crippen molar-refractivity contribution >= 4 is 44.3 Å². The van der Waals surface area contributed by atoms with Gasteiger partial charge in [-0.1, -0.05) is 60.3 Å². The molecule has 0 fully saturated rings. The number of aromatic nitrogens is 1. The number of hydrogen-bond acceptors (Lipinski definition) is 4. The number of aryl methyl sites for hydroxylation is 1. The summed E-state index contributed by atoms with van der Waals surface area (Å²) in [5.41, 5.74) is 4.26. The van der Waals surface area contributed by atoms with Gasteiger partial charge in [-0.15, -0.1) is 0 Å². The van der Waals surface area contributed by atoms with E-state index < -0.39 is 0 Å². The number of benzene rings is 2. The molecule has 0 aliphatic carbocycles. The van der Waals surface area contributed by atoms with Crippen molar-refractivity contribution in [2.75, 3.05) is 7.05 Å². The summed E-state index contributed by atoms with van der Waals surface area (Å²) in [5.74, 6) is 0. The summed E-state index contributed by atoms with van der Waals surface area (Å²) in [4.78, 5) is 2.05. The normalized spacial score (nSPS) is 17.6. The minimum Gasteiger partial charge on any atom is -0.347 e. The van der Waals surface area contributed by atoms with Crippen LogP contribution in [0, 0.1) is 0 Å². The highest BCUT2D eigenvalue weighted by atomic mass is 79.9. The van der Waals surface area contributed by atoms with Crippen molar-refractivity contribution in [3.8, 4) is 11.3 Å². The number of hydrogen-bond donors (Lipinski definition) is 0. The highest BCUT2D eigenvalue weighted by Gasteiger charge is 2.22. The van der Waals surface area contributed by atoms with Gasteiger partial charge in [0.25, 0.3) is 0 Å². The zero-order valence-corrected chi connectivity index (χ0v) is 16.3. The molecule has 0 saturated heterocycles. The Hall–Kier alpha value is -2.05. The summed E-state index contributed by atoms with van der Waals surface area (Å²) in [6, 6.07) is 18.7. The second-order valence-electron chi connectivity index (χ2n) is 5.90. The van der Waals surface area contributed by atoms with Gasteiger partial charge in [-0.3, -0.25) is 0 Å². The Morgan fingerprint density at radius 2 is 1.72 bits per heavy atom. The van der Waals surface area contributed by atoms with Crippen molar-refractivity contribution < 1.29 is 0 Å². The summed E-state index contributed by atoms with van der Waals surface area (Å²) in [6.45, 7) is 0. The van der Waals surface area contributed by atoms with E-state index in [1.165, 1.54) is 0 Å². The van der Waals surface area contributed by atoms with E-state index in [1.54, 1.807) is 11.8 Å². The second-order valence-corrected chi connectivity index (χ2v) is 8.37. The number of fused-ring (bicyclic) bond motifs is 1. The smallest absolute Gasteiger partial charge is 0.194 e. The fourth-order valence-corrected chi connectivity index (χ4v) is 4.63. The molecule has 0 saturated carbocycles. The molecule has 1 aliphatic heterocycles. The van der Waals surface area contributed by atoms with E-state index in [9.17, 15) is 0 Å². The molecule has 2 aromatic carbocycles. The Morgan fingerprint density at radius 1 is 1.00 bits per heavy atom. The van der Waals surface area contributed by atoms with Gasteiger partial charge in [0.1, 0.15) is 5.69 Å². The fraction of sp³-hybridized carbons (Fsp3) is 0.158. The van der Waals surface area contributed by atoms with Gasteiger partial charge in [0.15, 0.2) is 5.50 Å². The van der Waals surface area contributed by atoms with Crippen molar-refractivity contribution in [2.45, 2.75) is 5.50 Å². The van der Waals surface area contributed by atoms with Crippen LogP contribution in [-0.2, 0) is 7.05 Å². The molecular formula is C19H17BrN4S. The number of rotatable bonds is 3. The molecule has 126 valence electrons. The Bertz CT molecular complexity index is 978. The molecule has 0 radical (unpaired) electrons. The molecule has 1 aromatic heterocycles. The van der Waals surface area contributed by atoms with E-state index in [-0.39, 0.29) is 5.50 Å². The van der Waals surface area contributed by atoms with E-state index in [0.717, 1.165) is 31.7 Å². The fourth-order valence-electron chi connectivity index (χ4n) is 3.05. The van der Waals surface area contributed by atoms with Crippen molar-refractivity contribution in [3.63, 3.8) is 0 Å². The number of thioether (sulfide) groups is 1. The van der Waals surface area contributed by atoms with E-state index in [0.29, 0.717) is 0 Å². The molecule has 1 unspecified atom stereocenters. The summed E-state index contributed by atoms with van der Waals surface area (Å²) < 4.78 is 3.26. The minimum absolute atomic E-state index is 0.0445. The van der Waals surface area contributed by atoms with Crippen molar-refractivity contribution in [1.82, 2.24) is 9.47 Å². The van der Waals surface area contributed by atoms with Gasteiger partial charge < -0.3 is 9.47 Å². The molecule has 6 heteroatoms. The average Bonchev–Trinajstić information content (AvgIpc) is 3.10. The SMILES string of the molecule is CN1C=C(Br)SC1N=Nc1c(-c2ccccc2)n(C)c2ccccc12. The Labute approximate surface area is 159 Å². The Kier molecular flexibility index (Phi) is 4.39. The van der Waals surface area contributed by atoms with Crippen molar-refractivity contribution in [3.05, 3.63) is 64.6 Å². The first-order chi connectivity index (χ1) is 12.1.